The van der Waals surface area contributed by atoms with Crippen LogP contribution in [0.25, 0.3) is 0 Å². The Bertz CT molecular complexity index is 435. The molecule has 0 aliphatic heterocycles. The lowest BCUT2D eigenvalue weighted by molar-refractivity contribution is -0.143. The fourth-order valence-corrected chi connectivity index (χ4v) is 1.01. The number of aromatic nitrogens is 2. The molecule has 1 aromatic heterocycles. The van der Waals surface area contributed by atoms with E-state index in [9.17, 15) is 14.4 Å². The number of aromatic amines is 2. The third-order valence-corrected chi connectivity index (χ3v) is 1.81. The van der Waals surface area contributed by atoms with E-state index in [2.05, 4.69) is 20.0 Å². The highest BCUT2D eigenvalue weighted by Gasteiger charge is 2.21. The molecule has 0 bridgehead atoms. The van der Waals surface area contributed by atoms with Gasteiger partial charge in [-0.15, -0.1) is 0 Å². The molecule has 1 amide bonds. The molecule has 16 heavy (non-hydrogen) atoms. The van der Waals surface area contributed by atoms with Gasteiger partial charge in [0.05, 0.1) is 13.7 Å². The van der Waals surface area contributed by atoms with Crippen molar-refractivity contribution in [1.29, 1.82) is 0 Å². The Morgan fingerprint density at radius 3 is 2.75 bits per heavy atom. The van der Waals surface area contributed by atoms with Gasteiger partial charge >= 0.3 is 11.7 Å². The number of esters is 1. The second-order valence-corrected chi connectivity index (χ2v) is 2.89. The molecule has 0 fully saturated rings. The van der Waals surface area contributed by atoms with Gasteiger partial charge in [-0.2, -0.15) is 0 Å². The first-order valence-electron chi connectivity index (χ1n) is 4.35. The molecule has 1 unspecified atom stereocenters. The molecule has 1 aromatic rings. The van der Waals surface area contributed by atoms with Gasteiger partial charge < -0.3 is 25.1 Å². The van der Waals surface area contributed by atoms with Crippen LogP contribution in [0.15, 0.2) is 11.0 Å². The van der Waals surface area contributed by atoms with Gasteiger partial charge in [0.2, 0.25) is 0 Å². The van der Waals surface area contributed by atoms with E-state index >= 15 is 0 Å². The minimum Gasteiger partial charge on any atom is -0.467 e. The third kappa shape index (κ3) is 2.70. The Morgan fingerprint density at radius 1 is 1.62 bits per heavy atom. The molecule has 0 aliphatic carbocycles. The number of aliphatic hydroxyl groups is 1. The third-order valence-electron chi connectivity index (χ3n) is 1.81. The number of carbonyl (C=O) groups excluding carboxylic acids is 2. The van der Waals surface area contributed by atoms with Crippen molar-refractivity contribution in [3.63, 3.8) is 0 Å². The molecule has 8 heteroatoms. The summed E-state index contributed by atoms with van der Waals surface area (Å²) in [4.78, 5) is 37.6. The van der Waals surface area contributed by atoms with Gasteiger partial charge in [-0.25, -0.2) is 9.59 Å². The van der Waals surface area contributed by atoms with E-state index in [0.29, 0.717) is 0 Å². The number of methoxy groups -OCH3 is 1. The van der Waals surface area contributed by atoms with Crippen LogP contribution in [-0.4, -0.2) is 46.7 Å². The predicted molar refractivity (Wildman–Crippen MR) is 51.8 cm³/mol. The number of rotatable bonds is 4. The van der Waals surface area contributed by atoms with Crippen LogP contribution in [-0.2, 0) is 9.53 Å². The van der Waals surface area contributed by atoms with Crippen molar-refractivity contribution in [3.8, 4) is 0 Å². The van der Waals surface area contributed by atoms with Crippen molar-refractivity contribution in [2.45, 2.75) is 6.04 Å². The number of hydrogen-bond donors (Lipinski definition) is 4. The minimum absolute atomic E-state index is 0.0349. The number of ether oxygens (including phenoxy) is 1. The molecule has 1 rings (SSSR count). The van der Waals surface area contributed by atoms with Crippen LogP contribution in [0.2, 0.25) is 0 Å². The molecule has 0 aromatic carbocycles. The molecule has 1 heterocycles. The second kappa shape index (κ2) is 5.12. The van der Waals surface area contributed by atoms with Gasteiger partial charge in [-0.3, -0.25) is 4.79 Å². The molecule has 4 N–H and O–H groups in total. The summed E-state index contributed by atoms with van der Waals surface area (Å²) < 4.78 is 4.35. The quantitative estimate of drug-likeness (QED) is 0.443. The second-order valence-electron chi connectivity index (χ2n) is 2.89. The monoisotopic (exact) mass is 229 g/mol. The average molecular weight is 229 g/mol. The van der Waals surface area contributed by atoms with Crippen molar-refractivity contribution in [3.05, 3.63) is 22.4 Å². The van der Waals surface area contributed by atoms with E-state index < -0.39 is 30.2 Å². The van der Waals surface area contributed by atoms with Crippen molar-refractivity contribution in [2.24, 2.45) is 0 Å². The summed E-state index contributed by atoms with van der Waals surface area (Å²) in [5.74, 6) is -1.46. The lowest BCUT2D eigenvalue weighted by Crippen LogP contribution is -2.44. The largest absolute Gasteiger partial charge is 0.467 e. The molecule has 0 aliphatic rings. The zero-order valence-corrected chi connectivity index (χ0v) is 8.44. The van der Waals surface area contributed by atoms with Crippen molar-refractivity contribution in [2.75, 3.05) is 13.7 Å². The van der Waals surface area contributed by atoms with Crippen LogP contribution in [0, 0.1) is 0 Å². The van der Waals surface area contributed by atoms with Gasteiger partial charge in [-0.05, 0) is 0 Å². The summed E-state index contributed by atoms with van der Waals surface area (Å²) in [5.41, 5.74) is -0.573. The smallest absolute Gasteiger partial charge is 0.330 e. The highest BCUT2D eigenvalue weighted by molar-refractivity contribution is 5.94. The maximum absolute atomic E-state index is 11.4. The van der Waals surface area contributed by atoms with E-state index in [1.54, 1.807) is 0 Å². The van der Waals surface area contributed by atoms with Crippen LogP contribution in [0.1, 0.15) is 10.5 Å². The van der Waals surface area contributed by atoms with Crippen molar-refractivity contribution in [1.82, 2.24) is 15.3 Å². The summed E-state index contributed by atoms with van der Waals surface area (Å²) in [6, 6.07) is -1.16. The molecular formula is C8H11N3O5. The summed E-state index contributed by atoms with van der Waals surface area (Å²) in [6.45, 7) is -0.590. The average Bonchev–Trinajstić information content (AvgIpc) is 2.71. The van der Waals surface area contributed by atoms with Gasteiger partial charge in [0.25, 0.3) is 5.91 Å². The normalized spacial score (nSPS) is 11.9. The maximum Gasteiger partial charge on any atom is 0.330 e. The van der Waals surface area contributed by atoms with Gasteiger partial charge in [0.15, 0.2) is 6.04 Å². The highest BCUT2D eigenvalue weighted by atomic mass is 16.5. The number of H-pyrrole nitrogens is 2. The van der Waals surface area contributed by atoms with Gasteiger partial charge in [0.1, 0.15) is 5.69 Å². The van der Waals surface area contributed by atoms with E-state index in [0.717, 1.165) is 13.3 Å². The fourth-order valence-electron chi connectivity index (χ4n) is 1.01. The minimum atomic E-state index is -1.16. The first-order valence-corrected chi connectivity index (χ1v) is 4.35. The van der Waals surface area contributed by atoms with E-state index in [1.165, 1.54) is 0 Å². The Hall–Kier alpha value is -2.09. The Labute approximate surface area is 89.6 Å². The molecule has 88 valence electrons. The molecule has 1 atom stereocenters. The Kier molecular flexibility index (Phi) is 3.84. The van der Waals surface area contributed by atoms with E-state index in [4.69, 9.17) is 5.11 Å². The first-order chi connectivity index (χ1) is 7.58. The van der Waals surface area contributed by atoms with Crippen LogP contribution >= 0.6 is 0 Å². The van der Waals surface area contributed by atoms with Gasteiger partial charge in [-0.1, -0.05) is 0 Å². The molecule has 0 saturated heterocycles. The number of imidazole rings is 1. The highest BCUT2D eigenvalue weighted by Crippen LogP contribution is 1.92. The van der Waals surface area contributed by atoms with Crippen LogP contribution in [0.5, 0.6) is 0 Å². The standard InChI is InChI=1S/C8H11N3O5/c1-16-7(14)5(3-12)10-6(13)4-2-9-8(15)11-4/h2,5,12H,3H2,1H3,(H,10,13)(H2,9,11,15). The Balaban J connectivity index is 2.69. The maximum atomic E-state index is 11.4. The SMILES string of the molecule is COC(=O)C(CO)NC(=O)c1c[nH]c(=O)[nH]1. The molecular weight excluding hydrogens is 218 g/mol. The fraction of sp³-hybridized carbons (Fsp3) is 0.375. The number of amides is 1. The van der Waals surface area contributed by atoms with Crippen LogP contribution in [0.3, 0.4) is 0 Å². The van der Waals surface area contributed by atoms with Crippen LogP contribution in [0.4, 0.5) is 0 Å². The first kappa shape index (κ1) is 12.0. The lowest BCUT2D eigenvalue weighted by atomic mass is 10.3. The summed E-state index contributed by atoms with van der Waals surface area (Å²) in [6.07, 6.45) is 1.16. The van der Waals surface area contributed by atoms with Gasteiger partial charge in [0, 0.05) is 6.20 Å². The van der Waals surface area contributed by atoms with E-state index in [-0.39, 0.29) is 5.69 Å². The molecule has 0 spiro atoms. The summed E-state index contributed by atoms with van der Waals surface area (Å²) >= 11 is 0. The predicted octanol–water partition coefficient (Wildman–Crippen LogP) is -2.03. The molecule has 0 saturated carbocycles. The topological polar surface area (TPSA) is 124 Å². The van der Waals surface area contributed by atoms with Crippen LogP contribution < -0.4 is 11.0 Å². The number of aliphatic hydroxyl groups excluding tert-OH is 1. The number of hydrogen-bond acceptors (Lipinski definition) is 5. The Morgan fingerprint density at radius 2 is 2.31 bits per heavy atom. The zero-order valence-electron chi connectivity index (χ0n) is 8.44. The number of carbonyl (C=O) groups is 2. The molecule has 0 radical (unpaired) electrons. The van der Waals surface area contributed by atoms with Crippen molar-refractivity contribution >= 4 is 11.9 Å². The zero-order chi connectivity index (χ0) is 12.1. The van der Waals surface area contributed by atoms with E-state index in [1.807, 2.05) is 0 Å². The number of nitrogens with one attached hydrogen (secondary N) is 3. The summed E-state index contributed by atoms with van der Waals surface area (Å²) in [5, 5.41) is 11.0. The van der Waals surface area contributed by atoms with Crippen molar-refractivity contribution < 1.29 is 19.4 Å². The molecule has 8 nitrogen and oxygen atoms in total. The summed E-state index contributed by atoms with van der Waals surface area (Å²) in [7, 11) is 1.13. The lowest BCUT2D eigenvalue weighted by Gasteiger charge is -2.12.